The molecule has 0 amide bonds. The molecule has 15 heteroatoms. The molecular formula is C30H26ClN5O8S. The fourth-order valence-corrected chi connectivity index (χ4v) is 6.31. The number of benzene rings is 2. The number of nitrogens with two attached hydrogens (primary N) is 1. The largest absolute Gasteiger partial charge is 0.479 e. The molecule has 13 nitrogen and oxygen atoms in total. The molecule has 6 N–H and O–H groups in total. The van der Waals surface area contributed by atoms with Crippen molar-refractivity contribution >= 4 is 51.9 Å². The van der Waals surface area contributed by atoms with Crippen LogP contribution in [0.15, 0.2) is 71.7 Å². The lowest BCUT2D eigenvalue weighted by molar-refractivity contribution is -0.176. The van der Waals surface area contributed by atoms with Gasteiger partial charge in [0.25, 0.3) is 0 Å². The lowest BCUT2D eigenvalue weighted by Crippen LogP contribution is -2.44. The Bertz CT molecular complexity index is 1870. The molecule has 2 aromatic carbocycles. The summed E-state index contributed by atoms with van der Waals surface area (Å²) >= 11 is 7.26. The fraction of sp³-hybridized carbons (Fsp3) is 0.233. The fourth-order valence-electron chi connectivity index (χ4n) is 5.42. The number of fused-ring (bicyclic) bond motifs is 1. The molecule has 1 aliphatic rings. The molecular weight excluding hydrogens is 626 g/mol. The summed E-state index contributed by atoms with van der Waals surface area (Å²) in [6, 6.07) is 15.1. The van der Waals surface area contributed by atoms with Gasteiger partial charge in [-0.3, -0.25) is 4.57 Å². The van der Waals surface area contributed by atoms with Crippen molar-refractivity contribution in [2.24, 2.45) is 0 Å². The SMILES string of the molecule is Nc1nc(Cl)nc2c1ncn2[C@@H]1O[C@H](COC(Cc2ccc(-c3ccccc3C(=O)O)cc2)(C(=O)O)c2ccsc2)[C@@H](O)[C@H]1O. The highest BCUT2D eigenvalue weighted by molar-refractivity contribution is 7.08. The summed E-state index contributed by atoms with van der Waals surface area (Å²) in [4.78, 5) is 36.8. The Hall–Kier alpha value is -4.44. The molecule has 1 saturated heterocycles. The molecule has 5 aromatic rings. The summed E-state index contributed by atoms with van der Waals surface area (Å²) in [6.45, 7) is -0.397. The number of carboxylic acid groups (broad SMARTS) is 2. The average molecular weight is 652 g/mol. The van der Waals surface area contributed by atoms with Crippen LogP contribution in [0.2, 0.25) is 5.28 Å². The van der Waals surface area contributed by atoms with Crippen molar-refractivity contribution in [3.05, 3.63) is 93.7 Å². The second-order valence-corrected chi connectivity index (χ2v) is 11.5. The maximum Gasteiger partial charge on any atom is 0.341 e. The molecule has 0 aliphatic carbocycles. The third-order valence-electron chi connectivity index (χ3n) is 7.73. The van der Waals surface area contributed by atoms with Crippen molar-refractivity contribution in [3.8, 4) is 11.1 Å². The Kier molecular flexibility index (Phi) is 8.26. The number of rotatable bonds is 10. The van der Waals surface area contributed by atoms with E-state index in [0.717, 1.165) is 0 Å². The lowest BCUT2D eigenvalue weighted by atomic mass is 9.87. The van der Waals surface area contributed by atoms with Gasteiger partial charge in [0.1, 0.15) is 23.8 Å². The first-order valence-electron chi connectivity index (χ1n) is 13.6. The smallest absolute Gasteiger partial charge is 0.341 e. The van der Waals surface area contributed by atoms with Crippen LogP contribution < -0.4 is 5.73 Å². The Balaban J connectivity index is 1.26. The number of ether oxygens (including phenoxy) is 2. The van der Waals surface area contributed by atoms with E-state index in [4.69, 9.17) is 26.8 Å². The molecule has 5 atom stereocenters. The van der Waals surface area contributed by atoms with E-state index in [0.29, 0.717) is 22.3 Å². The zero-order valence-electron chi connectivity index (χ0n) is 23.2. The number of nitrogens with zero attached hydrogens (tertiary/aromatic N) is 4. The first kappa shape index (κ1) is 30.6. The standard InChI is InChI=1S/C30H26ClN5O8S/c31-29-34-24(32)21-25(35-29)36(14-33-21)26-23(38)22(37)20(44-26)12-43-30(28(41)42,17-9-10-45-13-17)11-15-5-7-16(8-6-15)18-3-1-2-4-19(18)27(39)40/h1-10,13-14,20,22-23,26,37-38H,11-12H2,(H,39,40)(H,41,42)(H2,32,34,35)/t20-,22-,23-,26-,30?/m1/s1. The lowest BCUT2D eigenvalue weighted by Gasteiger charge is -2.31. The van der Waals surface area contributed by atoms with Crippen molar-refractivity contribution in [3.63, 3.8) is 0 Å². The number of halogens is 1. The Labute approximate surface area is 264 Å². The molecule has 4 heterocycles. The van der Waals surface area contributed by atoms with E-state index in [1.165, 1.54) is 28.3 Å². The van der Waals surface area contributed by atoms with Crippen LogP contribution in [-0.2, 0) is 26.3 Å². The Morgan fingerprint density at radius 2 is 1.82 bits per heavy atom. The highest BCUT2D eigenvalue weighted by atomic mass is 35.5. The van der Waals surface area contributed by atoms with Gasteiger partial charge in [-0.15, -0.1) is 0 Å². The predicted octanol–water partition coefficient (Wildman–Crippen LogP) is 3.35. The molecule has 45 heavy (non-hydrogen) atoms. The zero-order valence-corrected chi connectivity index (χ0v) is 24.8. The molecule has 3 aromatic heterocycles. The highest BCUT2D eigenvalue weighted by Crippen LogP contribution is 2.37. The van der Waals surface area contributed by atoms with Crippen molar-refractivity contribution in [1.29, 1.82) is 0 Å². The molecule has 1 unspecified atom stereocenters. The maximum absolute atomic E-state index is 13.0. The third-order valence-corrected chi connectivity index (χ3v) is 8.59. The number of aliphatic carboxylic acids is 1. The summed E-state index contributed by atoms with van der Waals surface area (Å²) < 4.78 is 13.5. The summed E-state index contributed by atoms with van der Waals surface area (Å²) in [7, 11) is 0. The third kappa shape index (κ3) is 5.63. The van der Waals surface area contributed by atoms with E-state index in [1.54, 1.807) is 59.3 Å². The van der Waals surface area contributed by atoms with Crippen molar-refractivity contribution < 1.29 is 39.5 Å². The van der Waals surface area contributed by atoms with Crippen molar-refractivity contribution in [1.82, 2.24) is 19.5 Å². The van der Waals surface area contributed by atoms with Crippen LogP contribution in [0.3, 0.4) is 0 Å². The number of aliphatic hydroxyl groups excluding tert-OH is 2. The van der Waals surface area contributed by atoms with Crippen molar-refractivity contribution in [2.75, 3.05) is 12.3 Å². The summed E-state index contributed by atoms with van der Waals surface area (Å²) in [5.74, 6) is -2.30. The predicted molar refractivity (Wildman–Crippen MR) is 163 cm³/mol. The summed E-state index contributed by atoms with van der Waals surface area (Å²) in [6.07, 6.45) is -3.98. The summed E-state index contributed by atoms with van der Waals surface area (Å²) in [5.41, 5.74) is 6.71. The van der Waals surface area contributed by atoms with Crippen LogP contribution in [0.4, 0.5) is 5.82 Å². The normalized spacial score (nSPS) is 21.1. The summed E-state index contributed by atoms with van der Waals surface area (Å²) in [5, 5.41) is 45.2. The van der Waals surface area contributed by atoms with Gasteiger partial charge in [0.15, 0.2) is 23.3 Å². The van der Waals surface area contributed by atoms with Gasteiger partial charge in [-0.05, 0) is 51.2 Å². The van der Waals surface area contributed by atoms with Gasteiger partial charge in [-0.25, -0.2) is 14.6 Å². The minimum atomic E-state index is -1.89. The number of carbonyl (C=O) groups is 2. The van der Waals surface area contributed by atoms with Crippen molar-refractivity contribution in [2.45, 2.75) is 36.6 Å². The number of carboxylic acids is 2. The molecule has 0 spiro atoms. The Morgan fingerprint density at radius 3 is 2.51 bits per heavy atom. The maximum atomic E-state index is 13.0. The van der Waals surface area contributed by atoms with Gasteiger partial charge in [-0.1, -0.05) is 42.5 Å². The Morgan fingerprint density at radius 1 is 1.07 bits per heavy atom. The molecule has 6 rings (SSSR count). The highest BCUT2D eigenvalue weighted by Gasteiger charge is 2.48. The van der Waals surface area contributed by atoms with Crippen LogP contribution >= 0.6 is 22.9 Å². The van der Waals surface area contributed by atoms with E-state index in [1.807, 2.05) is 0 Å². The van der Waals surface area contributed by atoms with E-state index >= 15 is 0 Å². The van der Waals surface area contributed by atoms with Gasteiger partial charge < -0.3 is 35.6 Å². The number of aromatic carboxylic acids is 1. The van der Waals surface area contributed by atoms with Crippen LogP contribution in [0.1, 0.15) is 27.7 Å². The zero-order chi connectivity index (χ0) is 31.9. The quantitative estimate of drug-likeness (QED) is 0.138. The molecule has 232 valence electrons. The number of thiophene rings is 1. The minimum Gasteiger partial charge on any atom is -0.479 e. The molecule has 1 aliphatic heterocycles. The van der Waals surface area contributed by atoms with Crippen LogP contribution in [0.5, 0.6) is 0 Å². The topological polar surface area (TPSA) is 203 Å². The number of anilines is 1. The number of imidazole rings is 1. The second-order valence-electron chi connectivity index (χ2n) is 10.4. The second kappa shape index (κ2) is 12.2. The molecule has 0 bridgehead atoms. The van der Waals surface area contributed by atoms with Gasteiger partial charge in [-0.2, -0.15) is 21.3 Å². The van der Waals surface area contributed by atoms with Crippen LogP contribution in [0.25, 0.3) is 22.3 Å². The number of nitrogen functional groups attached to an aromatic ring is 1. The molecule has 1 fully saturated rings. The van der Waals surface area contributed by atoms with Gasteiger partial charge in [0, 0.05) is 12.0 Å². The minimum absolute atomic E-state index is 0.0257. The van der Waals surface area contributed by atoms with E-state index in [-0.39, 0.29) is 34.2 Å². The van der Waals surface area contributed by atoms with Gasteiger partial charge in [0.2, 0.25) is 5.28 Å². The molecule has 0 radical (unpaired) electrons. The number of hydrogen-bond acceptors (Lipinski definition) is 11. The first-order chi connectivity index (χ1) is 21.6. The van der Waals surface area contributed by atoms with Crippen LogP contribution in [0, 0.1) is 0 Å². The monoisotopic (exact) mass is 651 g/mol. The average Bonchev–Trinajstić information content (AvgIpc) is 3.77. The van der Waals surface area contributed by atoms with Crippen LogP contribution in [-0.4, -0.2) is 76.8 Å². The first-order valence-corrected chi connectivity index (χ1v) is 14.9. The van der Waals surface area contributed by atoms with E-state index < -0.39 is 48.7 Å². The molecule has 0 saturated carbocycles. The van der Waals surface area contributed by atoms with Gasteiger partial charge >= 0.3 is 11.9 Å². The van der Waals surface area contributed by atoms with E-state index in [9.17, 15) is 30.0 Å². The number of aromatic nitrogens is 4. The van der Waals surface area contributed by atoms with E-state index in [2.05, 4.69) is 15.0 Å². The number of hydrogen-bond donors (Lipinski definition) is 5. The number of aliphatic hydroxyl groups is 2. The van der Waals surface area contributed by atoms with Gasteiger partial charge in [0.05, 0.1) is 18.5 Å².